The molecule has 0 unspecified atom stereocenters. The summed E-state index contributed by atoms with van der Waals surface area (Å²) in [6.45, 7) is 0. The van der Waals surface area contributed by atoms with Crippen molar-refractivity contribution >= 4 is 11.5 Å². The normalized spacial score (nSPS) is 9.60. The first-order chi connectivity index (χ1) is 2.27. The number of rotatable bonds is 1. The Morgan fingerprint density at radius 2 is 1.60 bits per heavy atom. The Bertz CT molecular complexity index is 20.9. The molecule has 4 heteroatoms. The lowest BCUT2D eigenvalue weighted by Crippen LogP contribution is -2.00. The molecule has 0 aliphatic carbocycles. The molecule has 0 aromatic heterocycles. The quantitative estimate of drug-likeness (QED) is 0.386. The van der Waals surface area contributed by atoms with Gasteiger partial charge in [0.2, 0.25) is 0 Å². The maximum atomic E-state index is 7.69. The van der Waals surface area contributed by atoms with Gasteiger partial charge in [0.25, 0.3) is 5.94 Å². The third-order valence-electron chi connectivity index (χ3n) is 0.115. The summed E-state index contributed by atoms with van der Waals surface area (Å²) in [6.07, 6.45) is 0. The number of hydrogen-bond donors (Lipinski definition) is 3. The van der Waals surface area contributed by atoms with Gasteiger partial charge in [0.15, 0.2) is 0 Å². The van der Waals surface area contributed by atoms with E-state index in [4.69, 9.17) is 14.2 Å². The molecule has 0 radical (unpaired) electrons. The molecule has 0 bridgehead atoms. The van der Waals surface area contributed by atoms with Crippen LogP contribution in [0.5, 0.6) is 0 Å². The summed E-state index contributed by atoms with van der Waals surface area (Å²) in [5.41, 5.74) is 0. The standard InChI is InChI=1S/CH5O3S/c2-1-5(3)4/h2-4H,1H2/q+1. The van der Waals surface area contributed by atoms with Crippen LogP contribution in [0.3, 0.4) is 0 Å². The highest BCUT2D eigenvalue weighted by molar-refractivity contribution is 7.85. The lowest BCUT2D eigenvalue weighted by Gasteiger charge is -1.72. The molecular formula is CH5O3S+. The summed E-state index contributed by atoms with van der Waals surface area (Å²) in [6, 6.07) is 0. The van der Waals surface area contributed by atoms with Crippen LogP contribution in [-0.2, 0) is 11.5 Å². The Kier molecular flexibility index (Phi) is 2.58. The highest BCUT2D eigenvalue weighted by Gasteiger charge is 2.02. The Hall–Kier alpha value is 0.230. The van der Waals surface area contributed by atoms with Crippen molar-refractivity contribution in [3.05, 3.63) is 0 Å². The highest BCUT2D eigenvalue weighted by Crippen LogP contribution is 1.71. The molecule has 3 nitrogen and oxygen atoms in total. The predicted molar refractivity (Wildman–Crippen MR) is 19.7 cm³/mol. The van der Waals surface area contributed by atoms with Crippen molar-refractivity contribution < 1.29 is 14.2 Å². The van der Waals surface area contributed by atoms with E-state index in [1.54, 1.807) is 0 Å². The second kappa shape index (κ2) is 2.47. The third kappa shape index (κ3) is 4.23. The molecule has 0 aliphatic rings. The number of aliphatic hydroxyl groups is 1. The topological polar surface area (TPSA) is 60.7 Å². The summed E-state index contributed by atoms with van der Waals surface area (Å²) in [5.74, 6) is -0.556. The average molecular weight is 97.1 g/mol. The second-order valence-corrected chi connectivity index (χ2v) is 1.41. The maximum absolute atomic E-state index is 7.69. The van der Waals surface area contributed by atoms with Crippen molar-refractivity contribution in [2.45, 2.75) is 0 Å². The van der Waals surface area contributed by atoms with Gasteiger partial charge in [-0.25, -0.2) is 0 Å². The Balaban J connectivity index is 2.54. The van der Waals surface area contributed by atoms with Crippen molar-refractivity contribution in [2.24, 2.45) is 0 Å². The van der Waals surface area contributed by atoms with E-state index in [2.05, 4.69) is 0 Å². The van der Waals surface area contributed by atoms with Crippen LogP contribution in [0, 0.1) is 0 Å². The minimum absolute atomic E-state index is 0.556. The van der Waals surface area contributed by atoms with Gasteiger partial charge in [-0.1, -0.05) is 0 Å². The van der Waals surface area contributed by atoms with Crippen LogP contribution in [0.1, 0.15) is 0 Å². The summed E-state index contributed by atoms with van der Waals surface area (Å²) in [4.78, 5) is 0. The second-order valence-electron chi connectivity index (χ2n) is 0.469. The van der Waals surface area contributed by atoms with Gasteiger partial charge in [-0.2, -0.15) is 9.11 Å². The first-order valence-corrected chi connectivity index (χ1v) is 2.28. The van der Waals surface area contributed by atoms with Crippen LogP contribution in [-0.4, -0.2) is 20.2 Å². The lowest BCUT2D eigenvalue weighted by molar-refractivity contribution is 0.340. The third-order valence-corrected chi connectivity index (χ3v) is 0.346. The zero-order valence-corrected chi connectivity index (χ0v) is 3.27. The van der Waals surface area contributed by atoms with Crippen LogP contribution >= 0.6 is 0 Å². The van der Waals surface area contributed by atoms with Crippen LogP contribution in [0.25, 0.3) is 0 Å². The van der Waals surface area contributed by atoms with Gasteiger partial charge in [-0.3, -0.25) is 0 Å². The molecule has 0 fully saturated rings. The zero-order valence-electron chi connectivity index (χ0n) is 2.46. The average Bonchev–Trinajstić information content (AvgIpc) is 1.38. The number of aliphatic hydroxyl groups excluding tert-OH is 1. The van der Waals surface area contributed by atoms with E-state index in [1.165, 1.54) is 0 Å². The van der Waals surface area contributed by atoms with Gasteiger partial charge in [0.1, 0.15) is 0 Å². The van der Waals surface area contributed by atoms with Gasteiger partial charge in [0, 0.05) is 0 Å². The molecule has 0 atom stereocenters. The molecule has 0 aliphatic heterocycles. The fourth-order valence-corrected chi connectivity index (χ4v) is 0. The minimum Gasteiger partial charge on any atom is -0.347 e. The Labute approximate surface area is 32.6 Å². The molecule has 0 spiro atoms. The van der Waals surface area contributed by atoms with Crippen LogP contribution < -0.4 is 0 Å². The van der Waals surface area contributed by atoms with Crippen LogP contribution in [0.15, 0.2) is 0 Å². The van der Waals surface area contributed by atoms with Crippen molar-refractivity contribution in [1.82, 2.24) is 0 Å². The van der Waals surface area contributed by atoms with Crippen LogP contribution in [0.2, 0.25) is 0 Å². The zero-order chi connectivity index (χ0) is 4.28. The summed E-state index contributed by atoms with van der Waals surface area (Å²) >= 11 is -1.77. The van der Waals surface area contributed by atoms with Gasteiger partial charge in [0.05, 0.1) is 0 Å². The SMILES string of the molecule is OC[S+](O)O. The molecule has 0 aromatic carbocycles. The van der Waals surface area contributed by atoms with Crippen molar-refractivity contribution in [3.63, 3.8) is 0 Å². The van der Waals surface area contributed by atoms with E-state index in [1.807, 2.05) is 0 Å². The van der Waals surface area contributed by atoms with E-state index < -0.39 is 17.4 Å². The molecular weight excluding hydrogens is 92.1 g/mol. The Morgan fingerprint density at radius 1 is 1.40 bits per heavy atom. The fraction of sp³-hybridized carbons (Fsp3) is 1.00. The summed E-state index contributed by atoms with van der Waals surface area (Å²) in [5, 5.41) is 7.66. The molecule has 5 heavy (non-hydrogen) atoms. The monoisotopic (exact) mass is 97.0 g/mol. The molecule has 0 saturated heterocycles. The first-order valence-electron chi connectivity index (χ1n) is 0.970. The maximum Gasteiger partial charge on any atom is 0.339 e. The van der Waals surface area contributed by atoms with E-state index in [-0.39, 0.29) is 0 Å². The van der Waals surface area contributed by atoms with E-state index in [9.17, 15) is 0 Å². The molecule has 0 aromatic rings. The van der Waals surface area contributed by atoms with Gasteiger partial charge in [-0.05, 0) is 0 Å². The molecule has 0 saturated carbocycles. The van der Waals surface area contributed by atoms with E-state index >= 15 is 0 Å². The molecule has 32 valence electrons. The van der Waals surface area contributed by atoms with Crippen molar-refractivity contribution in [2.75, 3.05) is 5.94 Å². The Morgan fingerprint density at radius 3 is 1.60 bits per heavy atom. The van der Waals surface area contributed by atoms with Crippen LogP contribution in [0.4, 0.5) is 0 Å². The molecule has 0 heterocycles. The van der Waals surface area contributed by atoms with Gasteiger partial charge in [-0.15, -0.1) is 0 Å². The predicted octanol–water partition coefficient (Wildman–Crippen LogP) is -0.499. The summed E-state index contributed by atoms with van der Waals surface area (Å²) < 4.78 is 15.4. The fourth-order valence-electron chi connectivity index (χ4n) is 0. The number of hydrogen-bond acceptors (Lipinski definition) is 3. The highest BCUT2D eigenvalue weighted by atomic mass is 32.2. The van der Waals surface area contributed by atoms with Gasteiger partial charge < -0.3 is 5.11 Å². The first kappa shape index (κ1) is 5.23. The summed E-state index contributed by atoms with van der Waals surface area (Å²) in [7, 11) is 0. The van der Waals surface area contributed by atoms with E-state index in [0.717, 1.165) is 0 Å². The van der Waals surface area contributed by atoms with Gasteiger partial charge >= 0.3 is 11.5 Å². The largest absolute Gasteiger partial charge is 0.347 e. The van der Waals surface area contributed by atoms with Crippen molar-refractivity contribution in [1.29, 1.82) is 0 Å². The smallest absolute Gasteiger partial charge is 0.339 e. The molecule has 3 N–H and O–H groups in total. The van der Waals surface area contributed by atoms with Crippen molar-refractivity contribution in [3.8, 4) is 0 Å². The lowest BCUT2D eigenvalue weighted by atomic mass is 11.7. The van der Waals surface area contributed by atoms with E-state index in [0.29, 0.717) is 0 Å². The molecule has 0 rings (SSSR count). The molecule has 0 amide bonds. The minimum atomic E-state index is -1.77.